The molecule has 0 bridgehead atoms. The number of carboxylic acid groups (broad SMARTS) is 1. The number of nitrogens with two attached hydrogens (primary N) is 1. The van der Waals surface area contributed by atoms with E-state index >= 15 is 0 Å². The minimum atomic E-state index is -1.04. The summed E-state index contributed by atoms with van der Waals surface area (Å²) in [5.74, 6) is -0.237. The van der Waals surface area contributed by atoms with E-state index in [2.05, 4.69) is 0 Å². The van der Waals surface area contributed by atoms with Crippen LogP contribution in [0.5, 0.6) is 5.75 Å². The predicted molar refractivity (Wildman–Crippen MR) is 64.7 cm³/mol. The molecule has 3 N–H and O–H groups in total. The quantitative estimate of drug-likeness (QED) is 0.802. The van der Waals surface area contributed by atoms with Crippen LogP contribution in [0.15, 0.2) is 12.1 Å². The van der Waals surface area contributed by atoms with E-state index in [0.29, 0.717) is 18.6 Å². The first-order valence-corrected chi connectivity index (χ1v) is 5.70. The second kappa shape index (κ2) is 4.78. The molecule has 0 aromatic heterocycles. The number of Topliss-reactive ketones (excluding diaryl/α,β-unsaturated/α-hetero) is 1. The lowest BCUT2D eigenvalue weighted by molar-refractivity contribution is -0.138. The molecule has 1 aliphatic carbocycles. The Morgan fingerprint density at radius 1 is 1.50 bits per heavy atom. The third-order valence-corrected chi connectivity index (χ3v) is 3.12. The van der Waals surface area contributed by atoms with Gasteiger partial charge >= 0.3 is 5.97 Å². The zero-order valence-corrected chi connectivity index (χ0v) is 10.1. The summed E-state index contributed by atoms with van der Waals surface area (Å²) in [5.41, 5.74) is 8.13. The van der Waals surface area contributed by atoms with Crippen molar-refractivity contribution in [3.05, 3.63) is 28.8 Å². The van der Waals surface area contributed by atoms with E-state index in [4.69, 9.17) is 15.6 Å². The van der Waals surface area contributed by atoms with Crippen LogP contribution in [0.4, 0.5) is 0 Å². The van der Waals surface area contributed by atoms with E-state index in [1.54, 1.807) is 13.2 Å². The Hall–Kier alpha value is -1.88. The number of hydrogen-bond donors (Lipinski definition) is 2. The van der Waals surface area contributed by atoms with Crippen LogP contribution in [0.25, 0.3) is 0 Å². The van der Waals surface area contributed by atoms with Crippen molar-refractivity contribution in [3.8, 4) is 5.75 Å². The van der Waals surface area contributed by atoms with Gasteiger partial charge in [0, 0.05) is 18.4 Å². The van der Waals surface area contributed by atoms with Gasteiger partial charge in [-0.2, -0.15) is 0 Å². The van der Waals surface area contributed by atoms with Crippen LogP contribution in [0, 0.1) is 0 Å². The molecule has 96 valence electrons. The SMILES string of the molecule is COc1cc(CC(N)C(=O)O)cc2c1CC(=O)C2. The van der Waals surface area contributed by atoms with E-state index in [-0.39, 0.29) is 12.2 Å². The third kappa shape index (κ3) is 2.36. The van der Waals surface area contributed by atoms with Crippen LogP contribution >= 0.6 is 0 Å². The van der Waals surface area contributed by atoms with Crippen LogP contribution in [-0.4, -0.2) is 30.0 Å². The first-order chi connectivity index (χ1) is 8.51. The lowest BCUT2D eigenvalue weighted by atomic mass is 10.0. The van der Waals surface area contributed by atoms with Crippen molar-refractivity contribution in [1.29, 1.82) is 0 Å². The van der Waals surface area contributed by atoms with E-state index in [9.17, 15) is 9.59 Å². The molecule has 5 heteroatoms. The first kappa shape index (κ1) is 12.6. The average molecular weight is 249 g/mol. The summed E-state index contributed by atoms with van der Waals surface area (Å²) in [6, 6.07) is 2.68. The molecule has 0 amide bonds. The van der Waals surface area contributed by atoms with Crippen LogP contribution in [0.1, 0.15) is 16.7 Å². The maximum absolute atomic E-state index is 11.4. The molecule has 1 atom stereocenters. The molecular weight excluding hydrogens is 234 g/mol. The number of carbonyl (C=O) groups is 2. The van der Waals surface area contributed by atoms with Gasteiger partial charge in [0.1, 0.15) is 17.6 Å². The Bertz CT molecular complexity index is 510. The van der Waals surface area contributed by atoms with Gasteiger partial charge in [-0.1, -0.05) is 6.07 Å². The summed E-state index contributed by atoms with van der Waals surface area (Å²) < 4.78 is 5.25. The largest absolute Gasteiger partial charge is 0.496 e. The molecule has 2 rings (SSSR count). The summed E-state index contributed by atoms with van der Waals surface area (Å²) in [4.78, 5) is 22.2. The normalized spacial score (nSPS) is 15.3. The minimum Gasteiger partial charge on any atom is -0.496 e. The van der Waals surface area contributed by atoms with Gasteiger partial charge in [0.15, 0.2) is 0 Å². The van der Waals surface area contributed by atoms with Gasteiger partial charge in [-0.15, -0.1) is 0 Å². The van der Waals surface area contributed by atoms with Gasteiger partial charge in [-0.25, -0.2) is 0 Å². The number of aliphatic carboxylic acids is 1. The molecule has 5 nitrogen and oxygen atoms in total. The van der Waals surface area contributed by atoms with Crippen LogP contribution in [0.2, 0.25) is 0 Å². The standard InChI is InChI=1S/C13H15NO4/c1-18-12-4-7(3-11(14)13(16)17)2-8-5-9(15)6-10(8)12/h2,4,11H,3,5-6,14H2,1H3,(H,16,17). The van der Waals surface area contributed by atoms with Crippen molar-refractivity contribution in [2.75, 3.05) is 7.11 Å². The molecule has 0 aliphatic heterocycles. The zero-order chi connectivity index (χ0) is 13.3. The lowest BCUT2D eigenvalue weighted by Gasteiger charge is -2.12. The van der Waals surface area contributed by atoms with Crippen LogP contribution in [-0.2, 0) is 28.9 Å². The number of ketones is 1. The number of fused-ring (bicyclic) bond motifs is 1. The van der Waals surface area contributed by atoms with E-state index in [0.717, 1.165) is 16.7 Å². The number of carboxylic acids is 1. The topological polar surface area (TPSA) is 89.6 Å². The summed E-state index contributed by atoms with van der Waals surface area (Å²) >= 11 is 0. The van der Waals surface area contributed by atoms with Gasteiger partial charge < -0.3 is 15.6 Å². The lowest BCUT2D eigenvalue weighted by Crippen LogP contribution is -2.32. The second-order valence-corrected chi connectivity index (χ2v) is 4.48. The van der Waals surface area contributed by atoms with Crippen molar-refractivity contribution in [2.45, 2.75) is 25.3 Å². The number of carbonyl (C=O) groups excluding carboxylic acids is 1. The highest BCUT2D eigenvalue weighted by Gasteiger charge is 2.24. The highest BCUT2D eigenvalue weighted by molar-refractivity contribution is 5.89. The molecule has 1 aliphatic rings. The molecule has 0 radical (unpaired) electrons. The minimum absolute atomic E-state index is 0.156. The molecule has 0 heterocycles. The molecule has 0 saturated carbocycles. The first-order valence-electron chi connectivity index (χ1n) is 5.70. The predicted octanol–water partition coefficient (Wildman–Crippen LogP) is 0.317. The van der Waals surface area contributed by atoms with Gasteiger partial charge in [0.05, 0.1) is 7.11 Å². The van der Waals surface area contributed by atoms with Crippen molar-refractivity contribution in [2.24, 2.45) is 5.73 Å². The summed E-state index contributed by atoms with van der Waals surface area (Å²) in [5, 5.41) is 8.79. The maximum atomic E-state index is 11.4. The van der Waals surface area contributed by atoms with Gasteiger partial charge in [0.25, 0.3) is 0 Å². The number of rotatable bonds is 4. The molecule has 0 saturated heterocycles. The van der Waals surface area contributed by atoms with Crippen molar-refractivity contribution < 1.29 is 19.4 Å². The van der Waals surface area contributed by atoms with E-state index < -0.39 is 12.0 Å². The van der Waals surface area contributed by atoms with Crippen LogP contribution in [0.3, 0.4) is 0 Å². The maximum Gasteiger partial charge on any atom is 0.320 e. The average Bonchev–Trinajstić information content (AvgIpc) is 2.68. The Labute approximate surface area is 105 Å². The van der Waals surface area contributed by atoms with Gasteiger partial charge in [-0.05, 0) is 23.6 Å². The summed E-state index contributed by atoms with van der Waals surface area (Å²) in [6.07, 6.45) is 1.01. The third-order valence-electron chi connectivity index (χ3n) is 3.12. The Balaban J connectivity index is 2.32. The van der Waals surface area contributed by atoms with E-state index in [1.165, 1.54) is 0 Å². The molecule has 0 spiro atoms. The number of benzene rings is 1. The van der Waals surface area contributed by atoms with Crippen LogP contribution < -0.4 is 10.5 Å². The second-order valence-electron chi connectivity index (χ2n) is 4.48. The highest BCUT2D eigenvalue weighted by Crippen LogP contribution is 2.31. The monoisotopic (exact) mass is 249 g/mol. The van der Waals surface area contributed by atoms with Gasteiger partial charge in [0.2, 0.25) is 0 Å². The van der Waals surface area contributed by atoms with Crippen molar-refractivity contribution in [3.63, 3.8) is 0 Å². The summed E-state index contributed by atoms with van der Waals surface area (Å²) in [6.45, 7) is 0. The van der Waals surface area contributed by atoms with Crippen molar-refractivity contribution in [1.82, 2.24) is 0 Å². The smallest absolute Gasteiger partial charge is 0.320 e. The fraction of sp³-hybridized carbons (Fsp3) is 0.385. The van der Waals surface area contributed by atoms with Gasteiger partial charge in [-0.3, -0.25) is 9.59 Å². The zero-order valence-electron chi connectivity index (χ0n) is 10.1. The summed E-state index contributed by atoms with van der Waals surface area (Å²) in [7, 11) is 1.54. The highest BCUT2D eigenvalue weighted by atomic mass is 16.5. The molecule has 1 unspecified atom stereocenters. The van der Waals surface area contributed by atoms with E-state index in [1.807, 2.05) is 6.07 Å². The fourth-order valence-electron chi connectivity index (χ4n) is 2.24. The van der Waals surface area contributed by atoms with Crippen molar-refractivity contribution >= 4 is 11.8 Å². The number of methoxy groups -OCH3 is 1. The molecule has 1 aromatic rings. The Morgan fingerprint density at radius 3 is 2.83 bits per heavy atom. The Kier molecular flexibility index (Phi) is 3.34. The fourth-order valence-corrected chi connectivity index (χ4v) is 2.24. The molecular formula is C13H15NO4. The number of ether oxygens (including phenoxy) is 1. The number of hydrogen-bond acceptors (Lipinski definition) is 4. The molecule has 1 aromatic carbocycles. The molecule has 0 fully saturated rings. The Morgan fingerprint density at radius 2 is 2.22 bits per heavy atom. The molecule has 18 heavy (non-hydrogen) atoms.